The molecule has 2 aromatic rings. The average molecular weight is 268 g/mol. The summed E-state index contributed by atoms with van der Waals surface area (Å²) in [5.41, 5.74) is 0.0268. The van der Waals surface area contributed by atoms with Crippen molar-refractivity contribution in [3.05, 3.63) is 52.9 Å². The van der Waals surface area contributed by atoms with Crippen molar-refractivity contribution in [2.75, 3.05) is 0 Å². The van der Waals surface area contributed by atoms with E-state index in [9.17, 15) is 9.18 Å². The Labute approximate surface area is 107 Å². The zero-order valence-corrected chi connectivity index (χ0v) is 9.69. The van der Waals surface area contributed by atoms with E-state index >= 15 is 0 Å². The molecule has 0 unspecified atom stereocenters. The van der Waals surface area contributed by atoms with Crippen molar-refractivity contribution < 1.29 is 19.0 Å². The fourth-order valence-electron chi connectivity index (χ4n) is 1.24. The first-order valence-corrected chi connectivity index (χ1v) is 5.26. The standard InChI is InChI=1S/C12H7ClFNO3/c13-8-2-3-10(9(14)5-8)18-11-4-1-7(6-15-11)12(16)17/h1-6H,(H,16,17). The molecule has 1 N–H and O–H groups in total. The quantitative estimate of drug-likeness (QED) is 0.926. The first-order chi connectivity index (χ1) is 8.56. The van der Waals surface area contributed by atoms with Gasteiger partial charge in [0.25, 0.3) is 0 Å². The molecule has 0 aliphatic rings. The summed E-state index contributed by atoms with van der Waals surface area (Å²) in [6, 6.07) is 6.62. The van der Waals surface area contributed by atoms with Crippen LogP contribution < -0.4 is 4.74 Å². The minimum Gasteiger partial charge on any atom is -0.478 e. The molecule has 4 nitrogen and oxygen atoms in total. The number of ether oxygens (including phenoxy) is 1. The monoisotopic (exact) mass is 267 g/mol. The molecule has 1 aromatic heterocycles. The Bertz CT molecular complexity index is 586. The van der Waals surface area contributed by atoms with Crippen LogP contribution in [-0.4, -0.2) is 16.1 Å². The molecule has 2 rings (SSSR count). The molecule has 0 aliphatic carbocycles. The number of aromatic nitrogens is 1. The zero-order valence-electron chi connectivity index (χ0n) is 8.93. The van der Waals surface area contributed by atoms with Gasteiger partial charge in [-0.05, 0) is 24.3 Å². The molecule has 18 heavy (non-hydrogen) atoms. The highest BCUT2D eigenvalue weighted by Crippen LogP contribution is 2.25. The number of rotatable bonds is 3. The number of hydrogen-bond acceptors (Lipinski definition) is 3. The van der Waals surface area contributed by atoms with Gasteiger partial charge in [-0.1, -0.05) is 11.6 Å². The van der Waals surface area contributed by atoms with Gasteiger partial charge in [-0.3, -0.25) is 0 Å². The Morgan fingerprint density at radius 2 is 2.11 bits per heavy atom. The van der Waals surface area contributed by atoms with Gasteiger partial charge in [-0.25, -0.2) is 14.2 Å². The maximum Gasteiger partial charge on any atom is 0.337 e. The summed E-state index contributed by atoms with van der Waals surface area (Å²) in [5.74, 6) is -1.64. The second-order valence-corrected chi connectivity index (χ2v) is 3.80. The lowest BCUT2D eigenvalue weighted by molar-refractivity contribution is 0.0696. The largest absolute Gasteiger partial charge is 0.478 e. The Morgan fingerprint density at radius 1 is 1.33 bits per heavy atom. The number of carboxylic acid groups (broad SMARTS) is 1. The van der Waals surface area contributed by atoms with Crippen molar-refractivity contribution in [3.8, 4) is 11.6 Å². The van der Waals surface area contributed by atoms with Gasteiger partial charge in [0.15, 0.2) is 11.6 Å². The van der Waals surface area contributed by atoms with Gasteiger partial charge in [0.05, 0.1) is 5.56 Å². The van der Waals surface area contributed by atoms with Gasteiger partial charge < -0.3 is 9.84 Å². The van der Waals surface area contributed by atoms with Crippen molar-refractivity contribution in [1.82, 2.24) is 4.98 Å². The summed E-state index contributed by atoms with van der Waals surface area (Å²) in [6.07, 6.45) is 1.13. The minimum absolute atomic E-state index is 0.0268. The van der Waals surface area contributed by atoms with E-state index in [1.165, 1.54) is 24.3 Å². The van der Waals surface area contributed by atoms with E-state index in [0.29, 0.717) is 0 Å². The third-order valence-corrected chi connectivity index (χ3v) is 2.33. The molecule has 0 atom stereocenters. The van der Waals surface area contributed by atoms with Gasteiger partial charge in [0.1, 0.15) is 0 Å². The number of aromatic carboxylic acids is 1. The summed E-state index contributed by atoms with van der Waals surface area (Å²) in [7, 11) is 0. The van der Waals surface area contributed by atoms with Gasteiger partial charge in [0.2, 0.25) is 5.88 Å². The van der Waals surface area contributed by atoms with Crippen LogP contribution in [0, 0.1) is 5.82 Å². The maximum atomic E-state index is 13.4. The van der Waals surface area contributed by atoms with Crippen molar-refractivity contribution in [2.45, 2.75) is 0 Å². The van der Waals surface area contributed by atoms with E-state index in [1.54, 1.807) is 0 Å². The second-order valence-electron chi connectivity index (χ2n) is 3.37. The normalized spacial score (nSPS) is 10.1. The number of hydrogen-bond donors (Lipinski definition) is 1. The lowest BCUT2D eigenvalue weighted by atomic mass is 10.3. The van der Waals surface area contributed by atoms with Crippen LogP contribution in [0.3, 0.4) is 0 Å². The lowest BCUT2D eigenvalue weighted by Gasteiger charge is -2.05. The van der Waals surface area contributed by atoms with Crippen LogP contribution in [0.25, 0.3) is 0 Å². The predicted molar refractivity (Wildman–Crippen MR) is 62.7 cm³/mol. The topological polar surface area (TPSA) is 59.4 Å². The first-order valence-electron chi connectivity index (χ1n) is 4.88. The smallest absolute Gasteiger partial charge is 0.337 e. The van der Waals surface area contributed by atoms with Crippen LogP contribution in [-0.2, 0) is 0 Å². The summed E-state index contributed by atoms with van der Waals surface area (Å²) in [6.45, 7) is 0. The number of halogens is 2. The number of nitrogens with zero attached hydrogens (tertiary/aromatic N) is 1. The van der Waals surface area contributed by atoms with E-state index in [0.717, 1.165) is 12.3 Å². The minimum atomic E-state index is -1.09. The summed E-state index contributed by atoms with van der Waals surface area (Å²) in [5, 5.41) is 8.94. The van der Waals surface area contributed by atoms with Crippen molar-refractivity contribution >= 4 is 17.6 Å². The molecule has 0 aliphatic heterocycles. The Morgan fingerprint density at radius 3 is 2.67 bits per heavy atom. The highest BCUT2D eigenvalue weighted by Gasteiger charge is 2.08. The molecule has 0 saturated carbocycles. The van der Waals surface area contributed by atoms with Crippen LogP contribution in [0.5, 0.6) is 11.6 Å². The molecule has 6 heteroatoms. The SMILES string of the molecule is O=C(O)c1ccc(Oc2ccc(Cl)cc2F)nc1. The summed E-state index contributed by atoms with van der Waals surface area (Å²) < 4.78 is 18.6. The molecule has 92 valence electrons. The molecule has 0 spiro atoms. The van der Waals surface area contributed by atoms with Crippen molar-refractivity contribution in [1.29, 1.82) is 0 Å². The molecule has 1 heterocycles. The van der Waals surface area contributed by atoms with Crippen molar-refractivity contribution in [2.24, 2.45) is 0 Å². The van der Waals surface area contributed by atoms with E-state index in [1.807, 2.05) is 0 Å². The average Bonchev–Trinajstić information content (AvgIpc) is 2.33. The van der Waals surface area contributed by atoms with E-state index in [-0.39, 0.29) is 22.2 Å². The third-order valence-electron chi connectivity index (χ3n) is 2.09. The molecular formula is C12H7ClFNO3. The fourth-order valence-corrected chi connectivity index (χ4v) is 1.40. The number of carboxylic acids is 1. The molecule has 0 saturated heterocycles. The highest BCUT2D eigenvalue weighted by atomic mass is 35.5. The Balaban J connectivity index is 2.21. The number of carbonyl (C=O) groups is 1. The zero-order chi connectivity index (χ0) is 13.1. The van der Waals surface area contributed by atoms with Gasteiger partial charge in [-0.15, -0.1) is 0 Å². The maximum absolute atomic E-state index is 13.4. The van der Waals surface area contributed by atoms with E-state index < -0.39 is 11.8 Å². The van der Waals surface area contributed by atoms with Gasteiger partial charge in [-0.2, -0.15) is 0 Å². The van der Waals surface area contributed by atoms with E-state index in [2.05, 4.69) is 4.98 Å². The van der Waals surface area contributed by atoms with Gasteiger partial charge >= 0.3 is 5.97 Å². The first kappa shape index (κ1) is 12.3. The van der Waals surface area contributed by atoms with Crippen LogP contribution in [0.2, 0.25) is 5.02 Å². The Hall–Kier alpha value is -2.14. The molecule has 0 fully saturated rings. The van der Waals surface area contributed by atoms with Crippen LogP contribution >= 0.6 is 11.6 Å². The highest BCUT2D eigenvalue weighted by molar-refractivity contribution is 6.30. The van der Waals surface area contributed by atoms with Crippen LogP contribution in [0.1, 0.15) is 10.4 Å². The van der Waals surface area contributed by atoms with Crippen LogP contribution in [0.15, 0.2) is 36.5 Å². The van der Waals surface area contributed by atoms with E-state index in [4.69, 9.17) is 21.4 Å². The molecule has 0 radical (unpaired) electrons. The number of pyridine rings is 1. The second kappa shape index (κ2) is 5.01. The fraction of sp³-hybridized carbons (Fsp3) is 0. The van der Waals surface area contributed by atoms with Gasteiger partial charge in [0, 0.05) is 17.3 Å². The summed E-state index contributed by atoms with van der Waals surface area (Å²) in [4.78, 5) is 14.4. The molecule has 0 amide bonds. The summed E-state index contributed by atoms with van der Waals surface area (Å²) >= 11 is 5.60. The number of benzene rings is 1. The Kier molecular flexibility index (Phi) is 3.43. The lowest BCUT2D eigenvalue weighted by Crippen LogP contribution is -1.97. The molecule has 0 bridgehead atoms. The van der Waals surface area contributed by atoms with Crippen molar-refractivity contribution in [3.63, 3.8) is 0 Å². The molecule has 1 aromatic carbocycles. The third kappa shape index (κ3) is 2.75. The molecular weight excluding hydrogens is 261 g/mol. The predicted octanol–water partition coefficient (Wildman–Crippen LogP) is 3.36. The van der Waals surface area contributed by atoms with Crippen LogP contribution in [0.4, 0.5) is 4.39 Å².